The molecule has 1 amide bonds. The lowest BCUT2D eigenvalue weighted by Crippen LogP contribution is -2.25. The van der Waals surface area contributed by atoms with Gasteiger partial charge >= 0.3 is 0 Å². The molecule has 0 aliphatic carbocycles. The van der Waals surface area contributed by atoms with Crippen molar-refractivity contribution in [1.82, 2.24) is 19.8 Å². The van der Waals surface area contributed by atoms with Crippen molar-refractivity contribution < 1.29 is 17.6 Å². The van der Waals surface area contributed by atoms with Gasteiger partial charge in [0.1, 0.15) is 5.82 Å². The van der Waals surface area contributed by atoms with Crippen molar-refractivity contribution in [3.8, 4) is 11.3 Å². The van der Waals surface area contributed by atoms with Crippen molar-refractivity contribution >= 4 is 22.0 Å². The van der Waals surface area contributed by atoms with Crippen LogP contribution in [0.3, 0.4) is 0 Å². The Balaban J connectivity index is 1.39. The van der Waals surface area contributed by atoms with E-state index >= 15 is 0 Å². The molecule has 7 nitrogen and oxygen atoms in total. The molecule has 0 aliphatic rings. The van der Waals surface area contributed by atoms with E-state index in [0.29, 0.717) is 6.54 Å². The fourth-order valence-corrected chi connectivity index (χ4v) is 4.14. The minimum absolute atomic E-state index is 0.111. The van der Waals surface area contributed by atoms with Crippen molar-refractivity contribution in [3.63, 3.8) is 0 Å². The number of carbonyl (C=O) groups excluding carboxylic acids is 1. The maximum absolute atomic E-state index is 13.4. The van der Waals surface area contributed by atoms with Crippen LogP contribution in [0.2, 0.25) is 0 Å². The van der Waals surface area contributed by atoms with E-state index in [9.17, 15) is 17.6 Å². The molecule has 0 saturated carbocycles. The van der Waals surface area contributed by atoms with E-state index in [1.807, 2.05) is 12.1 Å². The third-order valence-electron chi connectivity index (χ3n) is 5.44. The molecular weight excluding hydrogens is 455 g/mol. The van der Waals surface area contributed by atoms with Gasteiger partial charge in [-0.15, -0.1) is 0 Å². The number of rotatable bonds is 11. The molecule has 2 aromatic carbocycles. The third kappa shape index (κ3) is 7.10. The van der Waals surface area contributed by atoms with Crippen molar-refractivity contribution in [2.45, 2.75) is 30.6 Å². The molecule has 2 N–H and O–H groups in total. The average Bonchev–Trinajstić information content (AvgIpc) is 3.31. The lowest BCUT2D eigenvalue weighted by molar-refractivity contribution is -0.124. The Kier molecular flexibility index (Phi) is 8.72. The smallest absolute Gasteiger partial charge is 0.246 e. The van der Waals surface area contributed by atoms with Gasteiger partial charge in [-0.25, -0.2) is 17.5 Å². The van der Waals surface area contributed by atoms with Crippen LogP contribution in [0.1, 0.15) is 30.5 Å². The van der Waals surface area contributed by atoms with Crippen LogP contribution in [-0.2, 0) is 21.2 Å². The number of hydrogen-bond donors (Lipinski definition) is 2. The van der Waals surface area contributed by atoms with Gasteiger partial charge in [0.15, 0.2) is 0 Å². The Hall–Kier alpha value is -3.30. The first kappa shape index (κ1) is 25.3. The SMILES string of the molecule is CNS(=O)(=O)c1ccc(C=CC(=O)N(C)CCCCCc2cc(-c3cccc(F)c3)n[nH]2)cc1. The fourth-order valence-electron chi connectivity index (χ4n) is 3.41. The highest BCUT2D eigenvalue weighted by Crippen LogP contribution is 2.19. The number of aryl methyl sites for hydroxylation is 1. The minimum Gasteiger partial charge on any atom is -0.342 e. The highest BCUT2D eigenvalue weighted by atomic mass is 32.2. The molecule has 1 heterocycles. The van der Waals surface area contributed by atoms with Gasteiger partial charge in [-0.2, -0.15) is 5.10 Å². The first-order valence-corrected chi connectivity index (χ1v) is 12.5. The Labute approximate surface area is 199 Å². The number of benzene rings is 2. The summed E-state index contributed by atoms with van der Waals surface area (Å²) >= 11 is 0. The third-order valence-corrected chi connectivity index (χ3v) is 6.87. The van der Waals surface area contributed by atoms with E-state index < -0.39 is 10.0 Å². The number of nitrogens with one attached hydrogen (secondary N) is 2. The summed E-state index contributed by atoms with van der Waals surface area (Å²) < 4.78 is 39.2. The number of H-pyrrole nitrogens is 1. The Bertz CT molecular complexity index is 1240. The molecule has 34 heavy (non-hydrogen) atoms. The quantitative estimate of drug-likeness (QED) is 0.318. The molecule has 3 rings (SSSR count). The van der Waals surface area contributed by atoms with Crippen molar-refractivity contribution in [2.24, 2.45) is 0 Å². The molecule has 180 valence electrons. The predicted molar refractivity (Wildman–Crippen MR) is 131 cm³/mol. The highest BCUT2D eigenvalue weighted by Gasteiger charge is 2.10. The van der Waals surface area contributed by atoms with E-state index in [4.69, 9.17) is 0 Å². The number of sulfonamides is 1. The van der Waals surface area contributed by atoms with E-state index in [2.05, 4.69) is 14.9 Å². The van der Waals surface area contributed by atoms with Crippen LogP contribution in [0.5, 0.6) is 0 Å². The van der Waals surface area contributed by atoms with Crippen LogP contribution in [0.25, 0.3) is 17.3 Å². The standard InChI is InChI=1S/C25H29FN4O3S/c1-27-34(32,33)23-13-10-19(11-14-23)12-15-25(31)30(2)16-5-3-4-9-22-18-24(29-28-22)20-7-6-8-21(26)17-20/h6-8,10-15,17-18,27H,3-5,9,16H2,1-2H3,(H,28,29). The summed E-state index contributed by atoms with van der Waals surface area (Å²) in [7, 11) is -0.354. The highest BCUT2D eigenvalue weighted by molar-refractivity contribution is 7.89. The van der Waals surface area contributed by atoms with Gasteiger partial charge in [-0.1, -0.05) is 30.7 Å². The average molecular weight is 485 g/mol. The minimum atomic E-state index is -3.47. The Morgan fingerprint density at radius 3 is 2.59 bits per heavy atom. The van der Waals surface area contributed by atoms with Crippen molar-refractivity contribution in [2.75, 3.05) is 20.6 Å². The number of hydrogen-bond acceptors (Lipinski definition) is 4. The zero-order chi connectivity index (χ0) is 24.6. The zero-order valence-corrected chi connectivity index (χ0v) is 20.1. The van der Waals surface area contributed by atoms with Gasteiger partial charge in [0, 0.05) is 30.9 Å². The fraction of sp³-hybridized carbons (Fsp3) is 0.280. The first-order valence-electron chi connectivity index (χ1n) is 11.1. The summed E-state index contributed by atoms with van der Waals surface area (Å²) in [6.07, 6.45) is 6.77. The normalized spacial score (nSPS) is 11.7. The van der Waals surface area contributed by atoms with E-state index in [0.717, 1.165) is 48.2 Å². The summed E-state index contributed by atoms with van der Waals surface area (Å²) in [4.78, 5) is 14.2. The van der Waals surface area contributed by atoms with Gasteiger partial charge in [-0.3, -0.25) is 9.89 Å². The van der Waals surface area contributed by atoms with Gasteiger partial charge < -0.3 is 4.90 Å². The number of amides is 1. The molecule has 0 unspecified atom stereocenters. The molecule has 0 radical (unpaired) electrons. The van der Waals surface area contributed by atoms with Crippen LogP contribution >= 0.6 is 0 Å². The molecule has 1 aromatic heterocycles. The summed E-state index contributed by atoms with van der Waals surface area (Å²) in [6, 6.07) is 14.6. The molecule has 0 aliphatic heterocycles. The number of nitrogens with zero attached hydrogens (tertiary/aromatic N) is 2. The number of halogens is 1. The van der Waals surface area contributed by atoms with Crippen LogP contribution in [-0.4, -0.2) is 50.1 Å². The molecule has 0 atom stereocenters. The lowest BCUT2D eigenvalue weighted by atomic mass is 10.1. The number of aromatic nitrogens is 2. The monoisotopic (exact) mass is 484 g/mol. The van der Waals surface area contributed by atoms with Crippen LogP contribution in [0.4, 0.5) is 4.39 Å². The van der Waals surface area contributed by atoms with Gasteiger partial charge in [0.05, 0.1) is 10.6 Å². The second-order valence-electron chi connectivity index (χ2n) is 7.97. The van der Waals surface area contributed by atoms with E-state index in [-0.39, 0.29) is 16.6 Å². The molecule has 0 spiro atoms. The first-order chi connectivity index (χ1) is 16.3. The second-order valence-corrected chi connectivity index (χ2v) is 9.86. The predicted octanol–water partition coefficient (Wildman–Crippen LogP) is 4.01. The Morgan fingerprint density at radius 1 is 1.12 bits per heavy atom. The van der Waals surface area contributed by atoms with Gasteiger partial charge in [-0.05, 0) is 68.3 Å². The molecular formula is C25H29FN4O3S. The maximum Gasteiger partial charge on any atom is 0.246 e. The molecule has 0 bridgehead atoms. The Morgan fingerprint density at radius 2 is 1.88 bits per heavy atom. The molecule has 9 heteroatoms. The molecule has 3 aromatic rings. The largest absolute Gasteiger partial charge is 0.342 e. The van der Waals surface area contributed by atoms with Crippen LogP contribution in [0, 0.1) is 5.82 Å². The zero-order valence-electron chi connectivity index (χ0n) is 19.3. The van der Waals surface area contributed by atoms with Crippen molar-refractivity contribution in [1.29, 1.82) is 0 Å². The molecule has 0 saturated heterocycles. The van der Waals surface area contributed by atoms with E-state index in [1.54, 1.807) is 36.2 Å². The van der Waals surface area contributed by atoms with Gasteiger partial charge in [0.25, 0.3) is 0 Å². The second kappa shape index (κ2) is 11.7. The number of carbonyl (C=O) groups is 1. The van der Waals surface area contributed by atoms with Gasteiger partial charge in [0.2, 0.25) is 15.9 Å². The topological polar surface area (TPSA) is 95.2 Å². The summed E-state index contributed by atoms with van der Waals surface area (Å²) in [5.41, 5.74) is 3.22. The van der Waals surface area contributed by atoms with Crippen LogP contribution in [0.15, 0.2) is 65.6 Å². The number of aromatic amines is 1. The van der Waals surface area contributed by atoms with E-state index in [1.165, 1.54) is 37.4 Å². The summed E-state index contributed by atoms with van der Waals surface area (Å²) in [5, 5.41) is 7.27. The summed E-state index contributed by atoms with van der Waals surface area (Å²) in [5.74, 6) is -0.395. The number of unbranched alkanes of at least 4 members (excludes halogenated alkanes) is 2. The lowest BCUT2D eigenvalue weighted by Gasteiger charge is -2.14. The number of likely N-dealkylation sites (N-methyl/N-ethyl adjacent to an activating group) is 1. The summed E-state index contributed by atoms with van der Waals surface area (Å²) in [6.45, 7) is 0.639. The maximum atomic E-state index is 13.4. The molecule has 0 fully saturated rings. The van der Waals surface area contributed by atoms with Crippen LogP contribution < -0.4 is 4.72 Å². The van der Waals surface area contributed by atoms with Crippen molar-refractivity contribution in [3.05, 3.63) is 77.7 Å².